The molecule has 0 aromatic heterocycles. The van der Waals surface area contributed by atoms with Gasteiger partial charge in [-0.05, 0) is 66.9 Å². The molecule has 3 aromatic rings. The highest BCUT2D eigenvalue weighted by atomic mass is 32.2. The number of fused-ring (bicyclic) bond motifs is 2. The van der Waals surface area contributed by atoms with E-state index < -0.39 is 10.0 Å². The van der Waals surface area contributed by atoms with Crippen molar-refractivity contribution in [3.8, 4) is 11.5 Å². The number of anilines is 1. The lowest BCUT2D eigenvalue weighted by molar-refractivity contribution is 0.0735. The van der Waals surface area contributed by atoms with Crippen molar-refractivity contribution in [1.29, 1.82) is 0 Å². The van der Waals surface area contributed by atoms with E-state index in [4.69, 9.17) is 9.47 Å². The third kappa shape index (κ3) is 3.91. The molecule has 0 aliphatic carbocycles. The van der Waals surface area contributed by atoms with E-state index in [2.05, 4.69) is 9.71 Å². The molecule has 6 rings (SSSR count). The second-order valence-corrected chi connectivity index (χ2v) is 10.2. The monoisotopic (exact) mass is 489 g/mol. The maximum absolute atomic E-state index is 13.4. The van der Waals surface area contributed by atoms with Crippen LogP contribution in [0.3, 0.4) is 0 Å². The van der Waals surface area contributed by atoms with Gasteiger partial charge in [-0.1, -0.05) is 18.2 Å². The Labute approximate surface area is 203 Å². The van der Waals surface area contributed by atoms with Crippen molar-refractivity contribution in [2.45, 2.75) is 23.8 Å². The number of amides is 1. The van der Waals surface area contributed by atoms with Gasteiger partial charge < -0.3 is 19.7 Å². The Hall–Kier alpha value is -3.85. The maximum Gasteiger partial charge on any atom is 0.285 e. The van der Waals surface area contributed by atoms with Gasteiger partial charge in [-0.3, -0.25) is 4.79 Å². The number of carbonyl (C=O) groups excluding carboxylic acids is 1. The minimum absolute atomic E-state index is 0.0225. The number of rotatable bonds is 3. The van der Waals surface area contributed by atoms with Crippen LogP contribution in [0, 0.1) is 0 Å². The maximum atomic E-state index is 13.4. The van der Waals surface area contributed by atoms with Crippen LogP contribution in [-0.2, 0) is 10.0 Å². The second-order valence-electron chi connectivity index (χ2n) is 8.67. The summed E-state index contributed by atoms with van der Waals surface area (Å²) in [5.74, 6) is 1.70. The van der Waals surface area contributed by atoms with Gasteiger partial charge in [-0.2, -0.15) is 8.42 Å². The number of hydrogen-bond acceptors (Lipinski definition) is 6. The number of likely N-dealkylation sites (tertiary alicyclic amines) is 1. The van der Waals surface area contributed by atoms with Crippen LogP contribution in [0.5, 0.6) is 11.5 Å². The van der Waals surface area contributed by atoms with Crippen LogP contribution < -0.4 is 14.8 Å². The molecule has 0 bridgehead atoms. The first-order chi connectivity index (χ1) is 17.0. The lowest BCUT2D eigenvalue weighted by Crippen LogP contribution is -2.30. The summed E-state index contributed by atoms with van der Waals surface area (Å²) in [6.07, 6.45) is 1.82. The molecule has 3 aliphatic rings. The molecule has 9 heteroatoms. The predicted octanol–water partition coefficient (Wildman–Crippen LogP) is 4.00. The predicted molar refractivity (Wildman–Crippen MR) is 131 cm³/mol. The zero-order valence-corrected chi connectivity index (χ0v) is 19.6. The topological polar surface area (TPSA) is 97.3 Å². The third-order valence-electron chi connectivity index (χ3n) is 6.49. The van der Waals surface area contributed by atoms with E-state index in [1.165, 1.54) is 0 Å². The summed E-state index contributed by atoms with van der Waals surface area (Å²) in [6, 6.07) is 19.6. The summed E-state index contributed by atoms with van der Waals surface area (Å²) in [4.78, 5) is 15.5. The van der Waals surface area contributed by atoms with Gasteiger partial charge in [0, 0.05) is 23.4 Å². The molecule has 0 spiro atoms. The summed E-state index contributed by atoms with van der Waals surface area (Å²) < 4.78 is 39.8. The summed E-state index contributed by atoms with van der Waals surface area (Å²) in [5.41, 5.74) is 2.79. The average Bonchev–Trinajstić information content (AvgIpc) is 3.47. The molecule has 35 heavy (non-hydrogen) atoms. The normalized spacial score (nSPS) is 19.7. The molecular weight excluding hydrogens is 466 g/mol. The third-order valence-corrected chi connectivity index (χ3v) is 7.83. The van der Waals surface area contributed by atoms with Crippen molar-refractivity contribution in [2.75, 3.05) is 25.1 Å². The summed E-state index contributed by atoms with van der Waals surface area (Å²) in [6.45, 7) is 1.75. The molecule has 1 unspecified atom stereocenters. The zero-order valence-electron chi connectivity index (χ0n) is 18.8. The molecule has 178 valence electrons. The fourth-order valence-electron chi connectivity index (χ4n) is 4.82. The van der Waals surface area contributed by atoms with Gasteiger partial charge >= 0.3 is 0 Å². The Morgan fingerprint density at radius 1 is 0.971 bits per heavy atom. The van der Waals surface area contributed by atoms with Crippen molar-refractivity contribution in [3.63, 3.8) is 0 Å². The van der Waals surface area contributed by atoms with Gasteiger partial charge in [0.15, 0.2) is 17.3 Å². The summed E-state index contributed by atoms with van der Waals surface area (Å²) >= 11 is 0. The van der Waals surface area contributed by atoms with Gasteiger partial charge in [0.25, 0.3) is 15.9 Å². The molecule has 1 N–H and O–H groups in total. The Morgan fingerprint density at radius 3 is 2.57 bits per heavy atom. The Morgan fingerprint density at radius 2 is 1.74 bits per heavy atom. The number of nitrogens with zero attached hydrogens (tertiary/aromatic N) is 2. The number of ether oxygens (including phenoxy) is 2. The molecule has 0 radical (unpaired) electrons. The summed E-state index contributed by atoms with van der Waals surface area (Å²) in [5, 5.41) is 3.07. The van der Waals surface area contributed by atoms with Gasteiger partial charge in [-0.15, -0.1) is 4.40 Å². The molecule has 1 saturated heterocycles. The van der Waals surface area contributed by atoms with Crippen LogP contribution in [0.2, 0.25) is 0 Å². The van der Waals surface area contributed by atoms with E-state index in [-0.39, 0.29) is 22.7 Å². The van der Waals surface area contributed by atoms with Crippen LogP contribution in [-0.4, -0.2) is 44.8 Å². The first-order valence-electron chi connectivity index (χ1n) is 11.5. The minimum Gasteiger partial charge on any atom is -0.486 e. The number of carbonyl (C=O) groups is 1. The highest BCUT2D eigenvalue weighted by Crippen LogP contribution is 2.38. The Balaban J connectivity index is 1.20. The minimum atomic E-state index is -3.70. The molecule has 3 heterocycles. The van der Waals surface area contributed by atoms with E-state index in [0.29, 0.717) is 36.6 Å². The molecule has 0 saturated carbocycles. The van der Waals surface area contributed by atoms with Crippen molar-refractivity contribution in [2.24, 2.45) is 4.40 Å². The smallest absolute Gasteiger partial charge is 0.285 e. The van der Waals surface area contributed by atoms with E-state index in [9.17, 15) is 13.2 Å². The summed E-state index contributed by atoms with van der Waals surface area (Å²) in [7, 11) is -3.70. The second kappa shape index (κ2) is 8.42. The van der Waals surface area contributed by atoms with Gasteiger partial charge in [0.1, 0.15) is 18.1 Å². The van der Waals surface area contributed by atoms with Crippen molar-refractivity contribution in [1.82, 2.24) is 4.90 Å². The standard InChI is InChI=1S/C26H23N3O5S/c30-26(29-13-3-5-21(29)18-9-12-22-23(16-18)34-15-14-33-22)17-7-10-19(11-8-17)27-25-20-4-1-2-6-24(20)35(31,32)28-25/h1-2,4,6-12,16,21H,3,5,13-15H2,(H,27,28). The van der Waals surface area contributed by atoms with Crippen molar-refractivity contribution >= 4 is 27.5 Å². The van der Waals surface area contributed by atoms with Gasteiger partial charge in [0.05, 0.1) is 6.04 Å². The quantitative estimate of drug-likeness (QED) is 0.597. The molecule has 1 amide bonds. The first-order valence-corrected chi connectivity index (χ1v) is 13.0. The van der Waals surface area contributed by atoms with Crippen LogP contribution in [0.15, 0.2) is 76.0 Å². The Bertz CT molecular complexity index is 1450. The van der Waals surface area contributed by atoms with E-state index in [1.807, 2.05) is 23.1 Å². The molecule has 1 atom stereocenters. The molecule has 3 aliphatic heterocycles. The number of sulfonamides is 1. The first kappa shape index (κ1) is 21.7. The number of amidine groups is 1. The fourth-order valence-corrected chi connectivity index (χ4v) is 5.99. The molecule has 3 aromatic carbocycles. The van der Waals surface area contributed by atoms with Crippen LogP contribution >= 0.6 is 0 Å². The number of nitrogens with one attached hydrogen (secondary N) is 1. The van der Waals surface area contributed by atoms with E-state index >= 15 is 0 Å². The molecular formula is C26H23N3O5S. The van der Waals surface area contributed by atoms with Gasteiger partial charge in [-0.25, -0.2) is 0 Å². The number of benzene rings is 3. The van der Waals surface area contributed by atoms with E-state index in [0.717, 1.165) is 29.9 Å². The molecule has 8 nitrogen and oxygen atoms in total. The Kier molecular flexibility index (Phi) is 5.21. The van der Waals surface area contributed by atoms with Crippen molar-refractivity contribution in [3.05, 3.63) is 83.4 Å². The van der Waals surface area contributed by atoms with Gasteiger partial charge in [0.2, 0.25) is 0 Å². The number of hydrogen-bond donors (Lipinski definition) is 1. The average molecular weight is 490 g/mol. The lowest BCUT2D eigenvalue weighted by atomic mass is 10.0. The van der Waals surface area contributed by atoms with Crippen LogP contribution in [0.1, 0.15) is 40.4 Å². The van der Waals surface area contributed by atoms with Crippen LogP contribution in [0.25, 0.3) is 0 Å². The van der Waals surface area contributed by atoms with E-state index in [1.54, 1.807) is 48.5 Å². The SMILES string of the molecule is O=C(c1ccc(NC2=NS(=O)(=O)c3ccccc32)cc1)N1CCCC1c1ccc2c(c1)OCCO2. The van der Waals surface area contributed by atoms with Crippen LogP contribution in [0.4, 0.5) is 5.69 Å². The lowest BCUT2D eigenvalue weighted by Gasteiger charge is -2.27. The molecule has 1 fully saturated rings. The largest absolute Gasteiger partial charge is 0.486 e. The highest BCUT2D eigenvalue weighted by Gasteiger charge is 2.32. The zero-order chi connectivity index (χ0) is 24.0. The fraction of sp³-hybridized carbons (Fsp3) is 0.231. The highest BCUT2D eigenvalue weighted by molar-refractivity contribution is 7.90. The van der Waals surface area contributed by atoms with Crippen molar-refractivity contribution < 1.29 is 22.7 Å².